The van der Waals surface area contributed by atoms with Crippen LogP contribution < -0.4 is 11.2 Å². The van der Waals surface area contributed by atoms with Gasteiger partial charge in [0.25, 0.3) is 5.56 Å². The minimum atomic E-state index is -0.389. The van der Waals surface area contributed by atoms with Crippen molar-refractivity contribution >= 4 is 22.1 Å². The van der Waals surface area contributed by atoms with Crippen molar-refractivity contribution in [3.63, 3.8) is 0 Å². The largest absolute Gasteiger partial charge is 0.332 e. The first kappa shape index (κ1) is 20.9. The monoisotopic (exact) mass is 461 g/mol. The Morgan fingerprint density at radius 3 is 2.00 bits per heavy atom. The van der Waals surface area contributed by atoms with Crippen molar-refractivity contribution in [2.75, 3.05) is 0 Å². The third-order valence-electron chi connectivity index (χ3n) is 6.39. The van der Waals surface area contributed by atoms with Crippen LogP contribution in [0.25, 0.3) is 28.0 Å². The fourth-order valence-corrected chi connectivity index (χ4v) is 4.62. The minimum absolute atomic E-state index is 0.195. The molecule has 0 aliphatic carbocycles. The van der Waals surface area contributed by atoms with Crippen molar-refractivity contribution in [1.82, 2.24) is 23.3 Å². The Morgan fingerprint density at radius 1 is 0.714 bits per heavy atom. The van der Waals surface area contributed by atoms with E-state index in [4.69, 9.17) is 4.98 Å². The van der Waals surface area contributed by atoms with Crippen LogP contribution in [0.4, 0.5) is 0 Å². The smallest absolute Gasteiger partial charge is 0.299 e. The van der Waals surface area contributed by atoms with E-state index >= 15 is 0 Å². The second-order valence-corrected chi connectivity index (χ2v) is 8.62. The average molecular weight is 462 g/mol. The molecule has 0 N–H and O–H groups in total. The average Bonchev–Trinajstić information content (AvgIpc) is 3.48. The molecule has 172 valence electrons. The summed E-state index contributed by atoms with van der Waals surface area (Å²) in [6.45, 7) is 0.637. The Morgan fingerprint density at radius 2 is 1.31 bits per heavy atom. The maximum absolute atomic E-state index is 13.8. The van der Waals surface area contributed by atoms with E-state index in [1.807, 2.05) is 106 Å². The fraction of sp³-hybridized carbons (Fsp3) is 0.107. The zero-order valence-corrected chi connectivity index (χ0v) is 19.2. The van der Waals surface area contributed by atoms with E-state index in [1.165, 1.54) is 9.13 Å². The van der Waals surface area contributed by atoms with Gasteiger partial charge in [0.1, 0.15) is 0 Å². The molecule has 3 aromatic heterocycles. The topological polar surface area (TPSA) is 66.8 Å². The lowest BCUT2D eigenvalue weighted by Crippen LogP contribution is -2.40. The standard InChI is InChI=1S/C28H23N5O2/c1-30-25-24(26(34)33(28(30)35)19-21-12-6-3-7-13-21)32(18-20-10-4-2-5-11-20)27(29-25)31-17-16-22-14-8-9-15-23(22)31/h2-17H,18-19H2,1H3. The van der Waals surface area contributed by atoms with E-state index in [0.29, 0.717) is 23.7 Å². The van der Waals surface area contributed by atoms with Crippen LogP contribution in [-0.2, 0) is 20.1 Å². The molecule has 0 spiro atoms. The van der Waals surface area contributed by atoms with Gasteiger partial charge in [-0.2, -0.15) is 4.98 Å². The summed E-state index contributed by atoms with van der Waals surface area (Å²) >= 11 is 0. The minimum Gasteiger partial charge on any atom is -0.299 e. The first-order valence-corrected chi connectivity index (χ1v) is 11.5. The third kappa shape index (κ3) is 3.49. The molecule has 0 amide bonds. The Hall–Kier alpha value is -4.65. The Balaban J connectivity index is 1.65. The van der Waals surface area contributed by atoms with Crippen molar-refractivity contribution in [2.24, 2.45) is 7.05 Å². The Bertz CT molecular complexity index is 1790. The van der Waals surface area contributed by atoms with Gasteiger partial charge in [-0.3, -0.25) is 23.1 Å². The molecule has 7 nitrogen and oxygen atoms in total. The lowest BCUT2D eigenvalue weighted by molar-refractivity contribution is 0.653. The van der Waals surface area contributed by atoms with Crippen LogP contribution in [0.3, 0.4) is 0 Å². The summed E-state index contributed by atoms with van der Waals surface area (Å²) in [5.41, 5.74) is 2.93. The molecular formula is C28H23N5O2. The zero-order valence-electron chi connectivity index (χ0n) is 19.2. The van der Waals surface area contributed by atoms with Gasteiger partial charge in [0.2, 0.25) is 5.95 Å². The highest BCUT2D eigenvalue weighted by Gasteiger charge is 2.22. The first-order chi connectivity index (χ1) is 17.1. The van der Waals surface area contributed by atoms with Gasteiger partial charge in [-0.1, -0.05) is 78.9 Å². The number of fused-ring (bicyclic) bond motifs is 2. The predicted octanol–water partition coefficient (Wildman–Crippen LogP) is 3.94. The molecule has 0 saturated carbocycles. The molecule has 35 heavy (non-hydrogen) atoms. The molecular weight excluding hydrogens is 438 g/mol. The van der Waals surface area contributed by atoms with Crippen LogP contribution >= 0.6 is 0 Å². The molecule has 0 atom stereocenters. The van der Waals surface area contributed by atoms with E-state index in [9.17, 15) is 9.59 Å². The van der Waals surface area contributed by atoms with Gasteiger partial charge in [-0.15, -0.1) is 0 Å². The van der Waals surface area contributed by atoms with Crippen molar-refractivity contribution in [1.29, 1.82) is 0 Å². The van der Waals surface area contributed by atoms with Gasteiger partial charge in [-0.25, -0.2) is 4.79 Å². The molecule has 0 bridgehead atoms. The fourth-order valence-electron chi connectivity index (χ4n) is 4.62. The second-order valence-electron chi connectivity index (χ2n) is 8.62. The number of aromatic nitrogens is 5. The molecule has 0 aliphatic heterocycles. The van der Waals surface area contributed by atoms with Crippen LogP contribution in [0.15, 0.2) is 107 Å². The summed E-state index contributed by atoms with van der Waals surface area (Å²) < 4.78 is 6.65. The predicted molar refractivity (Wildman–Crippen MR) is 137 cm³/mol. The number of hydrogen-bond donors (Lipinski definition) is 0. The summed E-state index contributed by atoms with van der Waals surface area (Å²) in [5.74, 6) is 0.592. The van der Waals surface area contributed by atoms with Crippen LogP contribution in [0.2, 0.25) is 0 Å². The summed E-state index contributed by atoms with van der Waals surface area (Å²) in [6, 6.07) is 29.5. The van der Waals surface area contributed by atoms with E-state index < -0.39 is 0 Å². The Labute approximate surface area is 200 Å². The zero-order chi connectivity index (χ0) is 23.9. The molecule has 0 saturated heterocycles. The van der Waals surface area contributed by atoms with Crippen molar-refractivity contribution in [3.05, 3.63) is 129 Å². The number of benzene rings is 3. The number of rotatable bonds is 5. The van der Waals surface area contributed by atoms with E-state index in [2.05, 4.69) is 0 Å². The Kier molecular flexibility index (Phi) is 4.95. The normalized spacial score (nSPS) is 11.5. The van der Waals surface area contributed by atoms with E-state index in [-0.39, 0.29) is 17.8 Å². The molecule has 0 radical (unpaired) electrons. The van der Waals surface area contributed by atoms with E-state index in [1.54, 1.807) is 7.05 Å². The number of para-hydroxylation sites is 1. The lowest BCUT2D eigenvalue weighted by atomic mass is 10.2. The number of aryl methyl sites for hydroxylation is 1. The SMILES string of the molecule is Cn1c(=O)n(Cc2ccccc2)c(=O)c2c1nc(-n1ccc3ccccc31)n2Cc1ccccc1. The van der Waals surface area contributed by atoms with Gasteiger partial charge in [0.05, 0.1) is 18.6 Å². The number of hydrogen-bond acceptors (Lipinski definition) is 3. The van der Waals surface area contributed by atoms with Crippen molar-refractivity contribution in [2.45, 2.75) is 13.1 Å². The third-order valence-corrected chi connectivity index (χ3v) is 6.39. The van der Waals surface area contributed by atoms with Crippen LogP contribution in [0.1, 0.15) is 11.1 Å². The quantitative estimate of drug-likeness (QED) is 0.391. The van der Waals surface area contributed by atoms with Gasteiger partial charge in [-0.05, 0) is 23.3 Å². The van der Waals surface area contributed by atoms with Crippen LogP contribution in [-0.4, -0.2) is 23.3 Å². The van der Waals surface area contributed by atoms with Crippen LogP contribution in [0, 0.1) is 0 Å². The maximum atomic E-state index is 13.8. The molecule has 7 heteroatoms. The molecule has 3 heterocycles. The van der Waals surface area contributed by atoms with E-state index in [0.717, 1.165) is 22.0 Å². The molecule has 6 aromatic rings. The summed E-state index contributed by atoms with van der Waals surface area (Å²) in [4.78, 5) is 31.9. The number of nitrogens with zero attached hydrogens (tertiary/aromatic N) is 5. The summed E-state index contributed by atoms with van der Waals surface area (Å²) in [6.07, 6.45) is 1.95. The van der Waals surface area contributed by atoms with Crippen LogP contribution in [0.5, 0.6) is 0 Å². The second kappa shape index (κ2) is 8.29. The highest BCUT2D eigenvalue weighted by atomic mass is 16.2. The van der Waals surface area contributed by atoms with Gasteiger partial charge < -0.3 is 0 Å². The van der Waals surface area contributed by atoms with Crippen molar-refractivity contribution in [3.8, 4) is 5.95 Å². The van der Waals surface area contributed by atoms with Gasteiger partial charge in [0.15, 0.2) is 11.2 Å². The van der Waals surface area contributed by atoms with Crippen molar-refractivity contribution < 1.29 is 0 Å². The number of imidazole rings is 1. The molecule has 0 unspecified atom stereocenters. The molecule has 0 fully saturated rings. The van der Waals surface area contributed by atoms with Gasteiger partial charge >= 0.3 is 5.69 Å². The summed E-state index contributed by atoms with van der Waals surface area (Å²) in [5, 5.41) is 1.07. The molecule has 3 aromatic carbocycles. The highest BCUT2D eigenvalue weighted by Crippen LogP contribution is 2.23. The van der Waals surface area contributed by atoms with Gasteiger partial charge in [0, 0.05) is 18.6 Å². The first-order valence-electron chi connectivity index (χ1n) is 11.5. The highest BCUT2D eigenvalue weighted by molar-refractivity contribution is 5.82. The maximum Gasteiger partial charge on any atom is 0.332 e. The lowest BCUT2D eigenvalue weighted by Gasteiger charge is -2.12. The molecule has 6 rings (SSSR count). The molecule has 0 aliphatic rings. The summed E-state index contributed by atoms with van der Waals surface area (Å²) in [7, 11) is 1.67.